The van der Waals surface area contributed by atoms with Crippen molar-refractivity contribution in [3.63, 3.8) is 0 Å². The zero-order chi connectivity index (χ0) is 45.5. The number of halogens is 21. The lowest BCUT2D eigenvalue weighted by atomic mass is 9.86. The molecule has 0 heterocycles. The molecule has 0 fully saturated rings. The zero-order valence-corrected chi connectivity index (χ0v) is 29.8. The van der Waals surface area contributed by atoms with E-state index in [4.69, 9.17) is 4.74 Å². The predicted molar refractivity (Wildman–Crippen MR) is 160 cm³/mol. The van der Waals surface area contributed by atoms with Gasteiger partial charge >= 0.3 is 65.4 Å². The SMILES string of the molecule is CCCCCCCCCCCCCC(=O)Oc1ccc(OCCC(F)(F)C(F)(F)C(F)(F)C(F)(F)C(F)(F)C(F)(F)C(F)(F)C(F)(F)C(F)(F)C(F)(F)F)ccc1=O. The maximum absolute atomic E-state index is 14.3. The molecule has 0 spiro atoms. The number of esters is 1. The van der Waals surface area contributed by atoms with Gasteiger partial charge in [0, 0.05) is 6.42 Å². The van der Waals surface area contributed by atoms with E-state index < -0.39 is 95.4 Å². The molecule has 1 aromatic carbocycles. The molecular formula is C33H35F21O4. The van der Waals surface area contributed by atoms with Gasteiger partial charge in [0.1, 0.15) is 5.75 Å². The second-order valence-electron chi connectivity index (χ2n) is 13.0. The molecule has 4 nitrogen and oxygen atoms in total. The average molecular weight is 895 g/mol. The van der Waals surface area contributed by atoms with Crippen LogP contribution in [0.2, 0.25) is 0 Å². The van der Waals surface area contributed by atoms with Gasteiger partial charge in [-0.25, -0.2) is 0 Å². The van der Waals surface area contributed by atoms with E-state index >= 15 is 0 Å². The molecule has 0 amide bonds. The van der Waals surface area contributed by atoms with E-state index in [-0.39, 0.29) is 6.42 Å². The number of carbonyl (C=O) groups excluding carboxylic acids is 1. The van der Waals surface area contributed by atoms with Gasteiger partial charge in [-0.3, -0.25) is 9.59 Å². The predicted octanol–water partition coefficient (Wildman–Crippen LogP) is 12.7. The normalized spacial score (nSPS) is 14.4. The molecule has 0 saturated carbocycles. The number of rotatable bonds is 25. The highest BCUT2D eigenvalue weighted by molar-refractivity contribution is 5.72. The van der Waals surface area contributed by atoms with Crippen LogP contribution in [0.5, 0.6) is 11.5 Å². The van der Waals surface area contributed by atoms with Gasteiger partial charge in [0.15, 0.2) is 5.75 Å². The van der Waals surface area contributed by atoms with Gasteiger partial charge in [-0.15, -0.1) is 0 Å². The van der Waals surface area contributed by atoms with Crippen molar-refractivity contribution >= 4 is 5.97 Å². The molecule has 338 valence electrons. The quantitative estimate of drug-likeness (QED) is 0.0557. The van der Waals surface area contributed by atoms with Crippen molar-refractivity contribution in [3.8, 4) is 11.5 Å². The van der Waals surface area contributed by atoms with Gasteiger partial charge < -0.3 is 9.47 Å². The van der Waals surface area contributed by atoms with E-state index in [9.17, 15) is 102 Å². The third-order valence-corrected chi connectivity index (χ3v) is 8.51. The number of hydrogen-bond acceptors (Lipinski definition) is 4. The van der Waals surface area contributed by atoms with Crippen molar-refractivity contribution < 1.29 is 106 Å². The molecular weight excluding hydrogens is 859 g/mol. The minimum absolute atomic E-state index is 0.169. The Balaban J connectivity index is 3.05. The Morgan fingerprint density at radius 1 is 0.483 bits per heavy atom. The molecule has 0 N–H and O–H groups in total. The maximum atomic E-state index is 14.3. The molecule has 0 atom stereocenters. The average Bonchev–Trinajstić information content (AvgIpc) is 3.26. The summed E-state index contributed by atoms with van der Waals surface area (Å²) in [5, 5.41) is 0. The topological polar surface area (TPSA) is 52.6 Å². The first-order valence-corrected chi connectivity index (χ1v) is 17.0. The van der Waals surface area contributed by atoms with Crippen molar-refractivity contribution in [2.45, 2.75) is 150 Å². The van der Waals surface area contributed by atoms with Crippen LogP contribution in [0.4, 0.5) is 92.2 Å². The van der Waals surface area contributed by atoms with E-state index in [0.29, 0.717) is 37.1 Å². The Morgan fingerprint density at radius 2 is 0.845 bits per heavy atom. The van der Waals surface area contributed by atoms with Crippen LogP contribution in [0, 0.1) is 0 Å². The molecule has 0 bridgehead atoms. The van der Waals surface area contributed by atoms with Crippen molar-refractivity contribution in [3.05, 3.63) is 34.5 Å². The van der Waals surface area contributed by atoms with Gasteiger partial charge in [-0.2, -0.15) is 92.2 Å². The summed E-state index contributed by atoms with van der Waals surface area (Å²) in [5.74, 6) is -80.2. The van der Waals surface area contributed by atoms with Crippen LogP contribution >= 0.6 is 0 Å². The van der Waals surface area contributed by atoms with E-state index in [1.165, 1.54) is 6.42 Å². The fraction of sp³-hybridized carbons (Fsp3) is 0.758. The summed E-state index contributed by atoms with van der Waals surface area (Å²) in [7, 11) is 0. The molecule has 0 aliphatic rings. The monoisotopic (exact) mass is 894 g/mol. The molecule has 0 aliphatic heterocycles. The summed E-state index contributed by atoms with van der Waals surface area (Å²) in [6.07, 6.45) is -0.786. The first-order chi connectivity index (χ1) is 26.1. The molecule has 25 heteroatoms. The number of carbonyl (C=O) groups is 1. The minimum Gasteiger partial charge on any atom is -0.493 e. The van der Waals surface area contributed by atoms with Gasteiger partial charge in [0.05, 0.1) is 13.0 Å². The maximum Gasteiger partial charge on any atom is 0.460 e. The fourth-order valence-electron chi connectivity index (χ4n) is 4.87. The molecule has 1 aromatic rings. The lowest BCUT2D eigenvalue weighted by Crippen LogP contribution is -2.76. The lowest BCUT2D eigenvalue weighted by Gasteiger charge is -2.44. The summed E-state index contributed by atoms with van der Waals surface area (Å²) in [6.45, 7) is 0.0551. The summed E-state index contributed by atoms with van der Waals surface area (Å²) >= 11 is 0. The highest BCUT2D eigenvalue weighted by Crippen LogP contribution is 2.66. The first kappa shape index (κ1) is 52.7. The molecule has 0 unspecified atom stereocenters. The van der Waals surface area contributed by atoms with Crippen LogP contribution in [0.15, 0.2) is 29.1 Å². The van der Waals surface area contributed by atoms with Crippen LogP contribution < -0.4 is 14.9 Å². The minimum atomic E-state index is -9.25. The third kappa shape index (κ3) is 10.5. The summed E-state index contributed by atoms with van der Waals surface area (Å²) in [5.41, 5.74) is -1.09. The van der Waals surface area contributed by atoms with Crippen molar-refractivity contribution in [2.75, 3.05) is 6.61 Å². The molecule has 0 saturated heterocycles. The molecule has 0 aliphatic carbocycles. The number of unbranched alkanes of at least 4 members (excludes halogenated alkanes) is 10. The third-order valence-electron chi connectivity index (χ3n) is 8.51. The van der Waals surface area contributed by atoms with Crippen molar-refractivity contribution in [2.24, 2.45) is 0 Å². The second kappa shape index (κ2) is 18.9. The van der Waals surface area contributed by atoms with Gasteiger partial charge in [-0.05, 0) is 30.7 Å². The number of hydrogen-bond donors (Lipinski definition) is 0. The van der Waals surface area contributed by atoms with Crippen LogP contribution in [0.1, 0.15) is 90.4 Å². The highest BCUT2D eigenvalue weighted by atomic mass is 19.4. The summed E-state index contributed by atoms with van der Waals surface area (Å²) < 4.78 is 295. The number of alkyl halides is 21. The van der Waals surface area contributed by atoms with Crippen LogP contribution in [0.25, 0.3) is 0 Å². The fourth-order valence-corrected chi connectivity index (χ4v) is 4.87. The van der Waals surface area contributed by atoms with E-state index in [1.807, 2.05) is 0 Å². The van der Waals surface area contributed by atoms with Gasteiger partial charge in [0.25, 0.3) is 0 Å². The number of ether oxygens (including phenoxy) is 2. The standard InChI is InChI=1S/C33H35F21O4/c1-2-3-4-5-6-7-8-9-10-11-12-13-23(56)58-22-17-15-20(14-16-21(22)55)57-19-18-24(34,35)25(36,37)26(38,39)27(40,41)28(42,43)29(44,45)30(46,47)31(48,49)32(50,51)33(52,53)54/h14-17H,2-13,18-19H2,1H3. The van der Waals surface area contributed by atoms with E-state index in [0.717, 1.165) is 51.4 Å². The Morgan fingerprint density at radius 3 is 1.26 bits per heavy atom. The molecule has 0 aromatic heterocycles. The Kier molecular flexibility index (Phi) is 17.2. The van der Waals surface area contributed by atoms with Crippen molar-refractivity contribution in [1.29, 1.82) is 0 Å². The van der Waals surface area contributed by atoms with Crippen molar-refractivity contribution in [1.82, 2.24) is 0 Å². The Hall–Kier alpha value is -3.31. The van der Waals surface area contributed by atoms with E-state index in [1.54, 1.807) is 0 Å². The Labute approximate surface area is 315 Å². The Bertz CT molecular complexity index is 1540. The molecule has 58 heavy (non-hydrogen) atoms. The van der Waals surface area contributed by atoms with Crippen LogP contribution in [0.3, 0.4) is 0 Å². The van der Waals surface area contributed by atoms with Crippen LogP contribution in [-0.2, 0) is 4.79 Å². The van der Waals surface area contributed by atoms with Crippen LogP contribution in [-0.4, -0.2) is 72.1 Å². The summed E-state index contributed by atoms with van der Waals surface area (Å²) in [4.78, 5) is 24.3. The summed E-state index contributed by atoms with van der Waals surface area (Å²) in [6, 6.07) is 2.35. The lowest BCUT2D eigenvalue weighted by molar-refractivity contribution is -0.474. The smallest absolute Gasteiger partial charge is 0.460 e. The highest BCUT2D eigenvalue weighted by Gasteiger charge is 2.97. The molecule has 0 radical (unpaired) electrons. The molecule has 1 rings (SSSR count). The zero-order valence-electron chi connectivity index (χ0n) is 29.8. The second-order valence-corrected chi connectivity index (χ2v) is 13.0. The first-order valence-electron chi connectivity index (χ1n) is 17.0. The largest absolute Gasteiger partial charge is 0.493 e. The van der Waals surface area contributed by atoms with E-state index in [2.05, 4.69) is 11.7 Å². The van der Waals surface area contributed by atoms with Gasteiger partial charge in [-0.1, -0.05) is 71.1 Å². The van der Waals surface area contributed by atoms with Gasteiger partial charge in [0.2, 0.25) is 5.43 Å².